The van der Waals surface area contributed by atoms with Crippen LogP contribution in [0.4, 0.5) is 0 Å². The van der Waals surface area contributed by atoms with Gasteiger partial charge in [-0.1, -0.05) is 0 Å². The van der Waals surface area contributed by atoms with Gasteiger partial charge in [-0.25, -0.2) is 4.98 Å². The van der Waals surface area contributed by atoms with E-state index < -0.39 is 0 Å². The topological polar surface area (TPSA) is 80.1 Å². The second-order valence-electron chi connectivity index (χ2n) is 6.16. The van der Waals surface area contributed by atoms with E-state index in [-0.39, 0.29) is 23.8 Å². The highest BCUT2D eigenvalue weighted by molar-refractivity contribution is 5.89. The van der Waals surface area contributed by atoms with Crippen LogP contribution in [-0.4, -0.2) is 50.6 Å². The molecular weight excluding hydrogens is 282 g/mol. The number of likely N-dealkylation sites (tertiary alicyclic amines) is 1. The molecule has 2 aliphatic rings. The number of carbonyl (C=O) groups excluding carboxylic acids is 2. The smallest absolute Gasteiger partial charge is 0.242 e. The van der Waals surface area contributed by atoms with Crippen LogP contribution in [0.1, 0.15) is 37.9 Å². The molecule has 1 saturated heterocycles. The molecule has 1 aromatic heterocycles. The van der Waals surface area contributed by atoms with Gasteiger partial charge in [0.2, 0.25) is 11.8 Å². The number of carbonyl (C=O) groups is 2. The SMILES string of the molecule is Cn1ncnc1CCNC(=O)[C@@H]1CCCCN1C(=O)C1CC1. The fraction of sp³-hybridized carbons (Fsp3) is 0.733. The number of hydrogen-bond acceptors (Lipinski definition) is 4. The van der Waals surface area contributed by atoms with Crippen LogP contribution in [0.5, 0.6) is 0 Å². The van der Waals surface area contributed by atoms with Crippen LogP contribution in [0.2, 0.25) is 0 Å². The zero-order valence-corrected chi connectivity index (χ0v) is 13.0. The Balaban J connectivity index is 1.53. The lowest BCUT2D eigenvalue weighted by molar-refractivity contribution is -0.143. The van der Waals surface area contributed by atoms with Crippen molar-refractivity contribution in [3.05, 3.63) is 12.2 Å². The van der Waals surface area contributed by atoms with Crippen molar-refractivity contribution in [1.29, 1.82) is 0 Å². The molecule has 0 unspecified atom stereocenters. The zero-order chi connectivity index (χ0) is 15.5. The third-order valence-corrected chi connectivity index (χ3v) is 4.47. The molecule has 1 atom stereocenters. The van der Waals surface area contributed by atoms with Crippen LogP contribution in [0.3, 0.4) is 0 Å². The van der Waals surface area contributed by atoms with Crippen molar-refractivity contribution >= 4 is 11.8 Å². The predicted molar refractivity (Wildman–Crippen MR) is 79.8 cm³/mol. The molecule has 2 fully saturated rings. The number of rotatable bonds is 5. The van der Waals surface area contributed by atoms with Crippen LogP contribution >= 0.6 is 0 Å². The van der Waals surface area contributed by atoms with Crippen LogP contribution in [0.15, 0.2) is 6.33 Å². The zero-order valence-electron chi connectivity index (χ0n) is 13.0. The summed E-state index contributed by atoms with van der Waals surface area (Å²) in [4.78, 5) is 30.7. The normalized spacial score (nSPS) is 21.7. The van der Waals surface area contributed by atoms with Gasteiger partial charge in [-0.3, -0.25) is 14.3 Å². The van der Waals surface area contributed by atoms with E-state index in [1.54, 1.807) is 9.58 Å². The van der Waals surface area contributed by atoms with Crippen LogP contribution in [-0.2, 0) is 23.1 Å². The summed E-state index contributed by atoms with van der Waals surface area (Å²) in [6.07, 6.45) is 6.90. The molecule has 0 bridgehead atoms. The molecule has 22 heavy (non-hydrogen) atoms. The summed E-state index contributed by atoms with van der Waals surface area (Å²) in [7, 11) is 1.83. The van der Waals surface area contributed by atoms with Crippen molar-refractivity contribution < 1.29 is 9.59 Å². The Morgan fingerprint density at radius 3 is 2.82 bits per heavy atom. The first kappa shape index (κ1) is 15.0. The van der Waals surface area contributed by atoms with E-state index in [0.29, 0.717) is 13.0 Å². The van der Waals surface area contributed by atoms with Gasteiger partial charge in [0.25, 0.3) is 0 Å². The van der Waals surface area contributed by atoms with Crippen molar-refractivity contribution in [2.45, 2.75) is 44.6 Å². The highest BCUT2D eigenvalue weighted by Crippen LogP contribution is 2.33. The van der Waals surface area contributed by atoms with Crippen LogP contribution < -0.4 is 5.32 Å². The first-order chi connectivity index (χ1) is 10.7. The fourth-order valence-electron chi connectivity index (χ4n) is 2.99. The lowest BCUT2D eigenvalue weighted by Crippen LogP contribution is -2.52. The Hall–Kier alpha value is -1.92. The number of aryl methyl sites for hydroxylation is 1. The minimum atomic E-state index is -0.290. The quantitative estimate of drug-likeness (QED) is 0.846. The highest BCUT2D eigenvalue weighted by atomic mass is 16.2. The largest absolute Gasteiger partial charge is 0.354 e. The van der Waals surface area contributed by atoms with Gasteiger partial charge in [-0.15, -0.1) is 0 Å². The maximum atomic E-state index is 12.4. The molecule has 2 amide bonds. The van der Waals surface area contributed by atoms with Gasteiger partial charge in [-0.05, 0) is 32.1 Å². The second kappa shape index (κ2) is 6.46. The molecule has 0 radical (unpaired) electrons. The summed E-state index contributed by atoms with van der Waals surface area (Å²) in [6, 6.07) is -0.290. The van der Waals surface area contributed by atoms with Gasteiger partial charge in [0.05, 0.1) is 0 Å². The summed E-state index contributed by atoms with van der Waals surface area (Å²) in [5.74, 6) is 1.16. The van der Waals surface area contributed by atoms with E-state index in [4.69, 9.17) is 0 Å². The minimum Gasteiger partial charge on any atom is -0.354 e. The Morgan fingerprint density at radius 2 is 2.14 bits per heavy atom. The van der Waals surface area contributed by atoms with Gasteiger partial charge >= 0.3 is 0 Å². The van der Waals surface area contributed by atoms with Crippen molar-refractivity contribution in [2.75, 3.05) is 13.1 Å². The van der Waals surface area contributed by atoms with E-state index in [2.05, 4.69) is 15.4 Å². The Bertz CT molecular complexity index is 552. The van der Waals surface area contributed by atoms with Gasteiger partial charge < -0.3 is 10.2 Å². The second-order valence-corrected chi connectivity index (χ2v) is 6.16. The number of nitrogens with one attached hydrogen (secondary N) is 1. The van der Waals surface area contributed by atoms with E-state index in [9.17, 15) is 9.59 Å². The molecule has 1 aliphatic heterocycles. The summed E-state index contributed by atoms with van der Waals surface area (Å²) < 4.78 is 1.70. The van der Waals surface area contributed by atoms with Gasteiger partial charge in [0.1, 0.15) is 18.2 Å². The van der Waals surface area contributed by atoms with Crippen LogP contribution in [0, 0.1) is 5.92 Å². The Kier molecular flexibility index (Phi) is 4.40. The molecule has 7 heteroatoms. The summed E-state index contributed by atoms with van der Waals surface area (Å²) in [5, 5.41) is 6.95. The molecule has 1 aliphatic carbocycles. The molecular formula is C15H23N5O2. The molecule has 0 spiro atoms. The van der Waals surface area contributed by atoms with E-state index >= 15 is 0 Å². The molecule has 3 rings (SSSR count). The van der Waals surface area contributed by atoms with Gasteiger partial charge in [-0.2, -0.15) is 5.10 Å². The lowest BCUT2D eigenvalue weighted by atomic mass is 10.0. The standard InChI is InChI=1S/C15H23N5O2/c1-19-13(17-10-18-19)7-8-16-14(21)12-4-2-3-9-20(12)15(22)11-5-6-11/h10-12H,2-9H2,1H3,(H,16,21)/t12-/m0/s1. The van der Waals surface area contributed by atoms with Gasteiger partial charge in [0.15, 0.2) is 0 Å². The summed E-state index contributed by atoms with van der Waals surface area (Å²) >= 11 is 0. The number of piperidine rings is 1. The minimum absolute atomic E-state index is 0.0316. The van der Waals surface area contributed by atoms with Crippen molar-refractivity contribution in [3.63, 3.8) is 0 Å². The summed E-state index contributed by atoms with van der Waals surface area (Å²) in [6.45, 7) is 1.24. The Labute approximate surface area is 130 Å². The maximum absolute atomic E-state index is 12.4. The molecule has 1 N–H and O–H groups in total. The monoisotopic (exact) mass is 305 g/mol. The molecule has 7 nitrogen and oxygen atoms in total. The fourth-order valence-corrected chi connectivity index (χ4v) is 2.99. The molecule has 120 valence electrons. The number of amides is 2. The summed E-state index contributed by atoms with van der Waals surface area (Å²) in [5.41, 5.74) is 0. The third kappa shape index (κ3) is 3.28. The number of aromatic nitrogens is 3. The molecule has 2 heterocycles. The average molecular weight is 305 g/mol. The van der Waals surface area contributed by atoms with E-state index in [1.165, 1.54) is 6.33 Å². The first-order valence-electron chi connectivity index (χ1n) is 8.08. The highest BCUT2D eigenvalue weighted by Gasteiger charge is 2.39. The molecule has 0 aromatic carbocycles. The van der Waals surface area contributed by atoms with Crippen molar-refractivity contribution in [3.8, 4) is 0 Å². The van der Waals surface area contributed by atoms with Gasteiger partial charge in [0, 0.05) is 32.5 Å². The molecule has 1 saturated carbocycles. The Morgan fingerprint density at radius 1 is 1.32 bits per heavy atom. The number of hydrogen-bond donors (Lipinski definition) is 1. The van der Waals surface area contributed by atoms with E-state index in [1.807, 2.05) is 7.05 Å². The van der Waals surface area contributed by atoms with Crippen molar-refractivity contribution in [2.24, 2.45) is 13.0 Å². The van der Waals surface area contributed by atoms with Crippen molar-refractivity contribution in [1.82, 2.24) is 25.0 Å². The number of nitrogens with zero attached hydrogens (tertiary/aromatic N) is 4. The third-order valence-electron chi connectivity index (χ3n) is 4.47. The molecule has 1 aromatic rings. The van der Waals surface area contributed by atoms with Crippen LogP contribution in [0.25, 0.3) is 0 Å². The predicted octanol–water partition coefficient (Wildman–Crippen LogP) is 0.265. The lowest BCUT2D eigenvalue weighted by Gasteiger charge is -2.34. The first-order valence-corrected chi connectivity index (χ1v) is 8.08. The van der Waals surface area contributed by atoms with E-state index in [0.717, 1.165) is 44.5 Å². The average Bonchev–Trinajstić information content (AvgIpc) is 3.30. The maximum Gasteiger partial charge on any atom is 0.242 e.